The van der Waals surface area contributed by atoms with Crippen LogP contribution in [0.15, 0.2) is 36.4 Å². The monoisotopic (exact) mass is 355 g/mol. The summed E-state index contributed by atoms with van der Waals surface area (Å²) < 4.78 is 16.3. The van der Waals surface area contributed by atoms with E-state index >= 15 is 0 Å². The highest BCUT2D eigenvalue weighted by Crippen LogP contribution is 2.29. The summed E-state index contributed by atoms with van der Waals surface area (Å²) >= 11 is 0. The number of rotatable bonds is 7. The quantitative estimate of drug-likeness (QED) is 0.826. The molecule has 1 aliphatic carbocycles. The normalized spacial score (nSPS) is 13.7. The number of ether oxygens (including phenoxy) is 3. The molecule has 1 atom stereocenters. The lowest BCUT2D eigenvalue weighted by molar-refractivity contribution is -0.123. The number of carbonyl (C=O) groups is 1. The van der Waals surface area contributed by atoms with Gasteiger partial charge in [-0.05, 0) is 67.6 Å². The summed E-state index contributed by atoms with van der Waals surface area (Å²) in [6.45, 7) is 1.89. The van der Waals surface area contributed by atoms with Crippen LogP contribution in [0, 0.1) is 0 Å². The van der Waals surface area contributed by atoms with Crippen molar-refractivity contribution in [1.82, 2.24) is 5.32 Å². The molecule has 0 bridgehead atoms. The number of nitrogens with one attached hydrogen (secondary N) is 1. The van der Waals surface area contributed by atoms with Crippen molar-refractivity contribution in [1.29, 1.82) is 0 Å². The molecule has 3 rings (SSSR count). The summed E-state index contributed by atoms with van der Waals surface area (Å²) in [6.07, 6.45) is 3.42. The molecule has 0 saturated carbocycles. The van der Waals surface area contributed by atoms with Crippen LogP contribution in [0.4, 0.5) is 0 Å². The fourth-order valence-electron chi connectivity index (χ4n) is 3.33. The van der Waals surface area contributed by atoms with Gasteiger partial charge in [0.1, 0.15) is 17.2 Å². The second-order valence-corrected chi connectivity index (χ2v) is 6.47. The van der Waals surface area contributed by atoms with Crippen LogP contribution in [0.2, 0.25) is 0 Å². The van der Waals surface area contributed by atoms with Gasteiger partial charge in [-0.3, -0.25) is 4.79 Å². The molecular formula is C21H25NO4. The van der Waals surface area contributed by atoms with E-state index in [2.05, 4.69) is 11.4 Å². The third-order valence-corrected chi connectivity index (χ3v) is 4.72. The van der Waals surface area contributed by atoms with Gasteiger partial charge in [-0.15, -0.1) is 0 Å². The molecule has 26 heavy (non-hydrogen) atoms. The maximum absolute atomic E-state index is 12.3. The number of fused-ring (bicyclic) bond motifs is 1. The third kappa shape index (κ3) is 4.10. The van der Waals surface area contributed by atoms with Gasteiger partial charge in [0.15, 0.2) is 6.61 Å². The molecule has 1 unspecified atom stereocenters. The maximum Gasteiger partial charge on any atom is 0.258 e. The zero-order chi connectivity index (χ0) is 18.5. The average molecular weight is 355 g/mol. The number of carbonyl (C=O) groups excluding carboxylic acids is 1. The number of amides is 1. The van der Waals surface area contributed by atoms with E-state index in [-0.39, 0.29) is 18.6 Å². The molecule has 0 aromatic heterocycles. The van der Waals surface area contributed by atoms with Crippen LogP contribution in [-0.2, 0) is 17.6 Å². The molecular weight excluding hydrogens is 330 g/mol. The van der Waals surface area contributed by atoms with Crippen LogP contribution in [0.5, 0.6) is 17.2 Å². The van der Waals surface area contributed by atoms with E-state index in [1.165, 1.54) is 17.5 Å². The van der Waals surface area contributed by atoms with Crippen LogP contribution >= 0.6 is 0 Å². The van der Waals surface area contributed by atoms with Gasteiger partial charge in [0, 0.05) is 5.56 Å². The highest BCUT2D eigenvalue weighted by molar-refractivity contribution is 5.78. The molecule has 1 N–H and O–H groups in total. The van der Waals surface area contributed by atoms with E-state index in [0.717, 1.165) is 29.9 Å². The predicted molar refractivity (Wildman–Crippen MR) is 100 cm³/mol. The Morgan fingerprint density at radius 1 is 1.04 bits per heavy atom. The van der Waals surface area contributed by atoms with Crippen LogP contribution in [0.3, 0.4) is 0 Å². The Kier molecular flexibility index (Phi) is 5.66. The molecule has 138 valence electrons. The highest BCUT2D eigenvalue weighted by atomic mass is 16.5. The molecule has 1 amide bonds. The van der Waals surface area contributed by atoms with Gasteiger partial charge in [-0.1, -0.05) is 6.07 Å². The van der Waals surface area contributed by atoms with Crippen molar-refractivity contribution < 1.29 is 19.0 Å². The maximum atomic E-state index is 12.3. The topological polar surface area (TPSA) is 56.8 Å². The van der Waals surface area contributed by atoms with Crippen molar-refractivity contribution in [2.75, 3.05) is 20.8 Å². The van der Waals surface area contributed by atoms with Crippen LogP contribution < -0.4 is 19.5 Å². The van der Waals surface area contributed by atoms with E-state index in [1.54, 1.807) is 14.2 Å². The molecule has 0 fully saturated rings. The fraction of sp³-hybridized carbons (Fsp3) is 0.381. The summed E-state index contributed by atoms with van der Waals surface area (Å²) in [4.78, 5) is 12.3. The van der Waals surface area contributed by atoms with Gasteiger partial charge in [0.05, 0.1) is 20.3 Å². The Hall–Kier alpha value is -2.69. The standard InChI is InChI=1S/C21H25NO4/c1-14(19-12-17(24-2)9-10-20(19)25-3)22-21(23)13-26-18-8-7-15-5-4-6-16(15)11-18/h7-12,14H,4-6,13H2,1-3H3,(H,22,23). The van der Waals surface area contributed by atoms with Crippen LogP contribution in [0.1, 0.15) is 36.1 Å². The largest absolute Gasteiger partial charge is 0.497 e. The van der Waals surface area contributed by atoms with Gasteiger partial charge in [-0.25, -0.2) is 0 Å². The summed E-state index contributed by atoms with van der Waals surface area (Å²) in [5.74, 6) is 1.99. The zero-order valence-corrected chi connectivity index (χ0v) is 15.5. The molecule has 0 heterocycles. The number of methoxy groups -OCH3 is 2. The molecule has 5 heteroatoms. The van der Waals surface area contributed by atoms with E-state index in [9.17, 15) is 4.79 Å². The molecule has 0 saturated heterocycles. The smallest absolute Gasteiger partial charge is 0.258 e. The highest BCUT2D eigenvalue weighted by Gasteiger charge is 2.16. The first-order valence-corrected chi connectivity index (χ1v) is 8.86. The lowest BCUT2D eigenvalue weighted by atomic mass is 10.1. The predicted octanol–water partition coefficient (Wildman–Crippen LogP) is 3.45. The second-order valence-electron chi connectivity index (χ2n) is 6.47. The van der Waals surface area contributed by atoms with Crippen molar-refractivity contribution >= 4 is 5.91 Å². The third-order valence-electron chi connectivity index (χ3n) is 4.72. The minimum atomic E-state index is -0.226. The van der Waals surface area contributed by atoms with E-state index in [1.807, 2.05) is 37.3 Å². The first kappa shape index (κ1) is 18.1. The van der Waals surface area contributed by atoms with Crippen molar-refractivity contribution in [2.24, 2.45) is 0 Å². The van der Waals surface area contributed by atoms with Gasteiger partial charge < -0.3 is 19.5 Å². The summed E-state index contributed by atoms with van der Waals surface area (Å²) in [5, 5.41) is 2.95. The van der Waals surface area contributed by atoms with Gasteiger partial charge in [0.25, 0.3) is 5.91 Å². The molecule has 1 aliphatic rings. The fourth-order valence-corrected chi connectivity index (χ4v) is 3.33. The number of aryl methyl sites for hydroxylation is 2. The Bertz CT molecular complexity index is 788. The van der Waals surface area contributed by atoms with Gasteiger partial charge in [0.2, 0.25) is 0 Å². The SMILES string of the molecule is COc1ccc(OC)c(C(C)NC(=O)COc2ccc3c(c2)CCC3)c1. The molecule has 0 aliphatic heterocycles. The van der Waals surface area contributed by atoms with Crippen molar-refractivity contribution in [2.45, 2.75) is 32.2 Å². The Labute approximate surface area is 154 Å². The lowest BCUT2D eigenvalue weighted by Crippen LogP contribution is -2.31. The minimum absolute atomic E-state index is 0.0184. The molecule has 0 spiro atoms. The Morgan fingerprint density at radius 3 is 2.58 bits per heavy atom. The Morgan fingerprint density at radius 2 is 1.81 bits per heavy atom. The van der Waals surface area contributed by atoms with Crippen molar-refractivity contribution in [3.8, 4) is 17.2 Å². The number of hydrogen-bond donors (Lipinski definition) is 1. The Balaban J connectivity index is 1.59. The zero-order valence-electron chi connectivity index (χ0n) is 15.5. The first-order chi connectivity index (χ1) is 12.6. The lowest BCUT2D eigenvalue weighted by Gasteiger charge is -2.18. The average Bonchev–Trinajstić information content (AvgIpc) is 3.13. The molecule has 5 nitrogen and oxygen atoms in total. The van der Waals surface area contributed by atoms with E-state index in [4.69, 9.17) is 14.2 Å². The number of benzene rings is 2. The van der Waals surface area contributed by atoms with Crippen molar-refractivity contribution in [3.63, 3.8) is 0 Å². The summed E-state index contributed by atoms with van der Waals surface area (Å²) in [7, 11) is 3.22. The first-order valence-electron chi connectivity index (χ1n) is 8.86. The van der Waals surface area contributed by atoms with Crippen LogP contribution in [-0.4, -0.2) is 26.7 Å². The minimum Gasteiger partial charge on any atom is -0.497 e. The summed E-state index contributed by atoms with van der Waals surface area (Å²) in [6, 6.07) is 11.4. The molecule has 2 aromatic carbocycles. The number of hydrogen-bond acceptors (Lipinski definition) is 4. The van der Waals surface area contributed by atoms with Gasteiger partial charge in [-0.2, -0.15) is 0 Å². The van der Waals surface area contributed by atoms with Crippen molar-refractivity contribution in [3.05, 3.63) is 53.1 Å². The molecule has 0 radical (unpaired) electrons. The molecule has 2 aromatic rings. The van der Waals surface area contributed by atoms with Gasteiger partial charge >= 0.3 is 0 Å². The summed E-state index contributed by atoms with van der Waals surface area (Å²) in [5.41, 5.74) is 3.58. The second kappa shape index (κ2) is 8.13. The van der Waals surface area contributed by atoms with E-state index < -0.39 is 0 Å². The van der Waals surface area contributed by atoms with E-state index in [0.29, 0.717) is 5.75 Å². The van der Waals surface area contributed by atoms with Crippen LogP contribution in [0.25, 0.3) is 0 Å².